The van der Waals surface area contributed by atoms with Gasteiger partial charge in [-0.25, -0.2) is 0 Å². The Morgan fingerprint density at radius 3 is 1.10 bits per heavy atom. The molecule has 0 spiro atoms. The van der Waals surface area contributed by atoms with Gasteiger partial charge in [-0.3, -0.25) is 0 Å². The standard InChI is InChI=1S/2C8H15NO/c2*1-9-6-2-3-7(9)5-8(10)4-6/h2*6-8,10H,2-5H2,1H3/t2*6-,7+,8?. The zero-order valence-electron chi connectivity index (χ0n) is 12.9. The van der Waals surface area contributed by atoms with E-state index in [-0.39, 0.29) is 12.2 Å². The fourth-order valence-corrected chi connectivity index (χ4v) is 4.77. The lowest BCUT2D eigenvalue weighted by Gasteiger charge is -2.33. The molecule has 4 bridgehead atoms. The number of hydrogen-bond donors (Lipinski definition) is 2. The van der Waals surface area contributed by atoms with Crippen LogP contribution in [0.2, 0.25) is 0 Å². The molecule has 0 amide bonds. The Hall–Kier alpha value is -0.160. The number of nitrogens with zero attached hydrogens (tertiary/aromatic N) is 2. The third-order valence-electron chi connectivity index (χ3n) is 6.15. The van der Waals surface area contributed by atoms with Crippen LogP contribution in [0, 0.1) is 0 Å². The molecule has 4 heterocycles. The Bertz CT molecular complexity index is 278. The van der Waals surface area contributed by atoms with Crippen LogP contribution in [-0.4, -0.2) is 70.5 Å². The van der Waals surface area contributed by atoms with Crippen LogP contribution < -0.4 is 0 Å². The minimum atomic E-state index is -0.00583. The summed E-state index contributed by atoms with van der Waals surface area (Å²) in [5.74, 6) is 0. The van der Waals surface area contributed by atoms with Crippen LogP contribution in [0.1, 0.15) is 51.4 Å². The molecule has 0 aromatic carbocycles. The van der Waals surface area contributed by atoms with Crippen molar-refractivity contribution in [1.82, 2.24) is 9.80 Å². The Balaban J connectivity index is 0.000000121. The number of aliphatic hydroxyl groups excluding tert-OH is 2. The lowest BCUT2D eigenvalue weighted by atomic mass is 10.0. The van der Waals surface area contributed by atoms with Gasteiger partial charge in [-0.1, -0.05) is 0 Å². The Labute approximate surface area is 122 Å². The summed E-state index contributed by atoms with van der Waals surface area (Å²) in [6.45, 7) is 0. The monoisotopic (exact) mass is 282 g/mol. The van der Waals surface area contributed by atoms with Gasteiger partial charge in [0.2, 0.25) is 0 Å². The van der Waals surface area contributed by atoms with E-state index < -0.39 is 0 Å². The summed E-state index contributed by atoms with van der Waals surface area (Å²) in [4.78, 5) is 4.87. The van der Waals surface area contributed by atoms with E-state index in [4.69, 9.17) is 0 Å². The summed E-state index contributed by atoms with van der Waals surface area (Å²) in [7, 11) is 4.38. The van der Waals surface area contributed by atoms with Crippen molar-refractivity contribution in [2.24, 2.45) is 0 Å². The molecule has 116 valence electrons. The molecule has 4 rings (SSSR count). The Morgan fingerprint density at radius 1 is 0.600 bits per heavy atom. The highest BCUT2D eigenvalue weighted by molar-refractivity contribution is 4.93. The molecule has 0 aliphatic carbocycles. The van der Waals surface area contributed by atoms with Gasteiger partial charge < -0.3 is 20.0 Å². The van der Waals surface area contributed by atoms with E-state index >= 15 is 0 Å². The van der Waals surface area contributed by atoms with Crippen molar-refractivity contribution in [1.29, 1.82) is 0 Å². The van der Waals surface area contributed by atoms with Crippen molar-refractivity contribution >= 4 is 0 Å². The molecule has 0 aromatic heterocycles. The van der Waals surface area contributed by atoms with Crippen LogP contribution >= 0.6 is 0 Å². The van der Waals surface area contributed by atoms with Crippen LogP contribution in [0.15, 0.2) is 0 Å². The van der Waals surface area contributed by atoms with Crippen molar-refractivity contribution in [3.8, 4) is 0 Å². The van der Waals surface area contributed by atoms with Crippen molar-refractivity contribution in [3.05, 3.63) is 0 Å². The molecule has 4 aliphatic heterocycles. The summed E-state index contributed by atoms with van der Waals surface area (Å²) >= 11 is 0. The van der Waals surface area contributed by atoms with Crippen molar-refractivity contribution in [3.63, 3.8) is 0 Å². The Kier molecular flexibility index (Phi) is 4.37. The predicted octanol–water partition coefficient (Wildman–Crippen LogP) is 1.21. The first-order valence-corrected chi connectivity index (χ1v) is 8.34. The summed E-state index contributed by atoms with van der Waals surface area (Å²) in [5.41, 5.74) is 0. The summed E-state index contributed by atoms with van der Waals surface area (Å²) in [5, 5.41) is 18.8. The highest BCUT2D eigenvalue weighted by Crippen LogP contribution is 2.34. The van der Waals surface area contributed by atoms with Crippen molar-refractivity contribution in [2.45, 2.75) is 87.7 Å². The lowest BCUT2D eigenvalue weighted by molar-refractivity contribution is 0.0500. The minimum absolute atomic E-state index is 0.00583. The van der Waals surface area contributed by atoms with E-state index in [1.54, 1.807) is 0 Å². The van der Waals surface area contributed by atoms with E-state index in [1.807, 2.05) is 0 Å². The molecular formula is C16H30N2O2. The molecule has 6 atom stereocenters. The Morgan fingerprint density at radius 2 is 0.850 bits per heavy atom. The van der Waals surface area contributed by atoms with E-state index in [0.29, 0.717) is 24.2 Å². The molecule has 2 N–H and O–H groups in total. The molecule has 0 radical (unpaired) electrons. The van der Waals surface area contributed by atoms with Gasteiger partial charge in [-0.15, -0.1) is 0 Å². The van der Waals surface area contributed by atoms with Gasteiger partial charge in [-0.05, 0) is 65.5 Å². The SMILES string of the molecule is CN1[C@@H]2CC[C@H]1CC(O)C2.CN1[C@@H]2CC[C@H]1CC(O)C2. The van der Waals surface area contributed by atoms with Gasteiger partial charge in [0, 0.05) is 24.2 Å². The molecule has 4 saturated heterocycles. The molecule has 4 nitrogen and oxygen atoms in total. The van der Waals surface area contributed by atoms with Crippen molar-refractivity contribution in [2.75, 3.05) is 14.1 Å². The van der Waals surface area contributed by atoms with E-state index in [1.165, 1.54) is 25.7 Å². The highest BCUT2D eigenvalue weighted by atomic mass is 16.3. The van der Waals surface area contributed by atoms with Crippen LogP contribution in [0.25, 0.3) is 0 Å². The first-order chi connectivity index (χ1) is 9.54. The van der Waals surface area contributed by atoms with Gasteiger partial charge in [0.1, 0.15) is 0 Å². The smallest absolute Gasteiger partial charge is 0.0570 e. The molecule has 2 unspecified atom stereocenters. The van der Waals surface area contributed by atoms with E-state index in [0.717, 1.165) is 25.7 Å². The normalized spacial score (nSPS) is 48.0. The molecule has 4 fully saturated rings. The van der Waals surface area contributed by atoms with Gasteiger partial charge in [0.25, 0.3) is 0 Å². The zero-order valence-corrected chi connectivity index (χ0v) is 12.9. The molecular weight excluding hydrogens is 252 g/mol. The number of fused-ring (bicyclic) bond motifs is 4. The largest absolute Gasteiger partial charge is 0.393 e. The molecule has 20 heavy (non-hydrogen) atoms. The van der Waals surface area contributed by atoms with Crippen LogP contribution in [0.3, 0.4) is 0 Å². The number of hydrogen-bond acceptors (Lipinski definition) is 4. The first-order valence-electron chi connectivity index (χ1n) is 8.34. The molecule has 4 aliphatic rings. The second kappa shape index (κ2) is 5.91. The topological polar surface area (TPSA) is 46.9 Å². The summed E-state index contributed by atoms with van der Waals surface area (Å²) < 4.78 is 0. The summed E-state index contributed by atoms with van der Waals surface area (Å²) in [6, 6.07) is 2.75. The lowest BCUT2D eigenvalue weighted by Crippen LogP contribution is -2.41. The van der Waals surface area contributed by atoms with E-state index in [2.05, 4.69) is 23.9 Å². The van der Waals surface area contributed by atoms with Crippen LogP contribution in [0.5, 0.6) is 0 Å². The summed E-state index contributed by atoms with van der Waals surface area (Å²) in [6.07, 6.45) is 9.23. The number of rotatable bonds is 0. The maximum absolute atomic E-state index is 9.38. The fraction of sp³-hybridized carbons (Fsp3) is 1.00. The van der Waals surface area contributed by atoms with Gasteiger partial charge in [0.15, 0.2) is 0 Å². The van der Waals surface area contributed by atoms with Gasteiger partial charge in [-0.2, -0.15) is 0 Å². The van der Waals surface area contributed by atoms with Crippen LogP contribution in [0.4, 0.5) is 0 Å². The number of piperidine rings is 2. The molecule has 0 saturated carbocycles. The fourth-order valence-electron chi connectivity index (χ4n) is 4.77. The van der Waals surface area contributed by atoms with Crippen molar-refractivity contribution < 1.29 is 10.2 Å². The molecule has 4 heteroatoms. The van der Waals surface area contributed by atoms with Crippen LogP contribution in [-0.2, 0) is 0 Å². The zero-order chi connectivity index (χ0) is 14.3. The predicted molar refractivity (Wildman–Crippen MR) is 79.6 cm³/mol. The maximum Gasteiger partial charge on any atom is 0.0570 e. The third-order valence-corrected chi connectivity index (χ3v) is 6.15. The maximum atomic E-state index is 9.38. The van der Waals surface area contributed by atoms with Gasteiger partial charge in [0.05, 0.1) is 12.2 Å². The van der Waals surface area contributed by atoms with Gasteiger partial charge >= 0.3 is 0 Å². The minimum Gasteiger partial charge on any atom is -0.393 e. The average molecular weight is 282 g/mol. The first kappa shape index (κ1) is 14.8. The molecule has 0 aromatic rings. The third kappa shape index (κ3) is 2.89. The quantitative estimate of drug-likeness (QED) is 0.701. The van der Waals surface area contributed by atoms with E-state index in [9.17, 15) is 10.2 Å². The second-order valence-electron chi connectivity index (χ2n) is 7.35. The highest BCUT2D eigenvalue weighted by Gasteiger charge is 2.38. The second-order valence-corrected chi connectivity index (χ2v) is 7.35. The average Bonchev–Trinajstić information content (AvgIpc) is 2.77. The number of aliphatic hydroxyl groups is 2.